The summed E-state index contributed by atoms with van der Waals surface area (Å²) >= 11 is 0. The molecule has 3 aromatic rings. The number of fused-ring (bicyclic) bond motifs is 1. The van der Waals surface area contributed by atoms with Gasteiger partial charge in [0.15, 0.2) is 6.10 Å². The number of aliphatic hydroxyl groups excluding tert-OH is 3. The Labute approximate surface area is 192 Å². The number of rotatable bonds is 6. The van der Waals surface area contributed by atoms with Gasteiger partial charge in [-0.15, -0.1) is 0 Å². The van der Waals surface area contributed by atoms with Crippen LogP contribution in [-0.4, -0.2) is 71.3 Å². The first-order valence-corrected chi connectivity index (χ1v) is 10.1. The predicted octanol–water partition coefficient (Wildman–Crippen LogP) is 0.748. The van der Waals surface area contributed by atoms with Gasteiger partial charge in [0.05, 0.1) is 25.2 Å². The molecular weight excluding hydrogens is 452 g/mol. The zero-order valence-electron chi connectivity index (χ0n) is 18.1. The van der Waals surface area contributed by atoms with Crippen LogP contribution in [0.25, 0.3) is 22.1 Å². The number of hydrogen-bond donors (Lipinski definition) is 4. The van der Waals surface area contributed by atoms with Gasteiger partial charge >= 0.3 is 5.97 Å². The minimum Gasteiger partial charge on any atom is -0.497 e. The fourth-order valence-corrected chi connectivity index (χ4v) is 3.67. The van der Waals surface area contributed by atoms with Crippen molar-refractivity contribution >= 4 is 16.9 Å². The molecule has 0 amide bonds. The van der Waals surface area contributed by atoms with Gasteiger partial charge in [-0.25, -0.2) is 4.79 Å². The summed E-state index contributed by atoms with van der Waals surface area (Å²) in [5, 5.41) is 39.2. The summed E-state index contributed by atoms with van der Waals surface area (Å²) in [5.41, 5.74) is 0.576. The lowest BCUT2D eigenvalue weighted by molar-refractivity contribution is -0.271. The smallest absolute Gasteiger partial charge is 0.335 e. The minimum absolute atomic E-state index is 0.0715. The lowest BCUT2D eigenvalue weighted by Crippen LogP contribution is -2.61. The number of carboxylic acid groups (broad SMARTS) is 1. The molecule has 5 unspecified atom stereocenters. The standard InChI is InChI=1S/C23H22O11/c1-30-10-3-5-12(15(7-10)31-2)14-9-32-16-8-11(4-6-13(16)17(14)24)33-23-20(27)18(25)19(26)21(34-23)22(28)29/h3-9,18-21,23,25-27H,1-2H3,(H,28,29). The van der Waals surface area contributed by atoms with Gasteiger partial charge in [-0.3, -0.25) is 4.79 Å². The van der Waals surface area contributed by atoms with E-state index in [9.17, 15) is 24.9 Å². The molecule has 11 nitrogen and oxygen atoms in total. The third-order valence-corrected chi connectivity index (χ3v) is 5.51. The third kappa shape index (κ3) is 4.17. The number of hydrogen-bond acceptors (Lipinski definition) is 10. The van der Waals surface area contributed by atoms with E-state index in [4.69, 9.17) is 28.5 Å². The Kier molecular flexibility index (Phi) is 6.44. The SMILES string of the molecule is COc1ccc(-c2coc3cc(OC4OC(C(=O)O)C(O)C(O)C4O)ccc3c2=O)c(OC)c1. The van der Waals surface area contributed by atoms with E-state index in [0.717, 1.165) is 0 Å². The van der Waals surface area contributed by atoms with Gasteiger partial charge in [0.2, 0.25) is 11.7 Å². The molecule has 0 saturated carbocycles. The van der Waals surface area contributed by atoms with Crippen LogP contribution >= 0.6 is 0 Å². The van der Waals surface area contributed by atoms with Crippen molar-refractivity contribution in [1.29, 1.82) is 0 Å². The van der Waals surface area contributed by atoms with E-state index in [2.05, 4.69) is 0 Å². The fraction of sp³-hybridized carbons (Fsp3) is 0.304. The highest BCUT2D eigenvalue weighted by molar-refractivity contribution is 5.84. The van der Waals surface area contributed by atoms with Crippen molar-refractivity contribution in [2.24, 2.45) is 0 Å². The Balaban J connectivity index is 1.65. The van der Waals surface area contributed by atoms with Crippen LogP contribution in [0.5, 0.6) is 17.2 Å². The average molecular weight is 474 g/mol. The Morgan fingerprint density at radius 2 is 1.65 bits per heavy atom. The number of aliphatic carboxylic acids is 1. The van der Waals surface area contributed by atoms with Crippen LogP contribution in [0, 0.1) is 0 Å². The quantitative estimate of drug-likeness (QED) is 0.398. The van der Waals surface area contributed by atoms with Gasteiger partial charge in [-0.2, -0.15) is 0 Å². The van der Waals surface area contributed by atoms with Crippen LogP contribution in [0.2, 0.25) is 0 Å². The van der Waals surface area contributed by atoms with Crippen LogP contribution in [0.15, 0.2) is 51.9 Å². The normalized spacial score (nSPS) is 24.6. The van der Waals surface area contributed by atoms with E-state index in [1.54, 1.807) is 18.2 Å². The molecule has 0 spiro atoms. The lowest BCUT2D eigenvalue weighted by Gasteiger charge is -2.38. The van der Waals surface area contributed by atoms with E-state index >= 15 is 0 Å². The first-order chi connectivity index (χ1) is 16.2. The zero-order chi connectivity index (χ0) is 24.6. The Morgan fingerprint density at radius 1 is 0.912 bits per heavy atom. The van der Waals surface area contributed by atoms with Crippen LogP contribution in [0.3, 0.4) is 0 Å². The number of aliphatic hydroxyl groups is 3. The van der Waals surface area contributed by atoms with Crippen molar-refractivity contribution in [3.8, 4) is 28.4 Å². The monoisotopic (exact) mass is 474 g/mol. The van der Waals surface area contributed by atoms with Crippen LogP contribution in [-0.2, 0) is 9.53 Å². The summed E-state index contributed by atoms with van der Waals surface area (Å²) in [6.45, 7) is 0. The summed E-state index contributed by atoms with van der Waals surface area (Å²) < 4.78 is 26.8. The molecular formula is C23H22O11. The Hall–Kier alpha value is -3.64. The molecule has 1 fully saturated rings. The summed E-state index contributed by atoms with van der Waals surface area (Å²) in [6.07, 6.45) is -7.49. The predicted molar refractivity (Wildman–Crippen MR) is 116 cm³/mol. The largest absolute Gasteiger partial charge is 0.497 e. The second-order valence-electron chi connectivity index (χ2n) is 7.56. The third-order valence-electron chi connectivity index (χ3n) is 5.51. The van der Waals surface area contributed by atoms with Crippen molar-refractivity contribution in [2.75, 3.05) is 14.2 Å². The van der Waals surface area contributed by atoms with E-state index in [-0.39, 0.29) is 27.7 Å². The highest BCUT2D eigenvalue weighted by Gasteiger charge is 2.48. The second kappa shape index (κ2) is 9.31. The molecule has 1 saturated heterocycles. The average Bonchev–Trinajstić information content (AvgIpc) is 2.84. The Bertz CT molecular complexity index is 1270. The van der Waals surface area contributed by atoms with E-state index in [0.29, 0.717) is 17.1 Å². The van der Waals surface area contributed by atoms with E-state index in [1.165, 1.54) is 38.7 Å². The van der Waals surface area contributed by atoms with Gasteiger partial charge in [-0.1, -0.05) is 0 Å². The molecule has 1 aliphatic heterocycles. The van der Waals surface area contributed by atoms with Crippen molar-refractivity contribution in [2.45, 2.75) is 30.7 Å². The Morgan fingerprint density at radius 3 is 2.32 bits per heavy atom. The van der Waals surface area contributed by atoms with Crippen molar-refractivity contribution < 1.29 is 48.6 Å². The zero-order valence-corrected chi connectivity index (χ0v) is 18.1. The van der Waals surface area contributed by atoms with Gasteiger partial charge in [0.1, 0.15) is 47.4 Å². The molecule has 5 atom stereocenters. The number of methoxy groups -OCH3 is 2. The molecule has 2 heterocycles. The van der Waals surface area contributed by atoms with Gasteiger partial charge in [-0.05, 0) is 24.3 Å². The molecule has 0 bridgehead atoms. The number of ether oxygens (including phenoxy) is 4. The molecule has 34 heavy (non-hydrogen) atoms. The molecule has 4 rings (SSSR count). The molecule has 180 valence electrons. The van der Waals surface area contributed by atoms with Crippen molar-refractivity contribution in [3.63, 3.8) is 0 Å². The molecule has 2 aromatic carbocycles. The van der Waals surface area contributed by atoms with Gasteiger partial charge in [0, 0.05) is 17.7 Å². The summed E-state index contributed by atoms with van der Waals surface area (Å²) in [5.74, 6) is -0.481. The molecule has 11 heteroatoms. The summed E-state index contributed by atoms with van der Waals surface area (Å²) in [7, 11) is 2.98. The maximum Gasteiger partial charge on any atom is 0.335 e. The summed E-state index contributed by atoms with van der Waals surface area (Å²) in [4.78, 5) is 24.4. The molecule has 0 aliphatic carbocycles. The topological polar surface area (TPSA) is 165 Å². The van der Waals surface area contributed by atoms with Gasteiger partial charge in [0.25, 0.3) is 0 Å². The lowest BCUT2D eigenvalue weighted by atomic mass is 9.99. The fourth-order valence-electron chi connectivity index (χ4n) is 3.67. The first-order valence-electron chi connectivity index (χ1n) is 10.1. The number of carboxylic acids is 1. The van der Waals surface area contributed by atoms with Crippen LogP contribution in [0.1, 0.15) is 0 Å². The summed E-state index contributed by atoms with van der Waals surface area (Å²) in [6, 6.07) is 9.19. The van der Waals surface area contributed by atoms with E-state index < -0.39 is 36.7 Å². The van der Waals surface area contributed by atoms with Crippen molar-refractivity contribution in [1.82, 2.24) is 0 Å². The maximum absolute atomic E-state index is 13.1. The van der Waals surface area contributed by atoms with Gasteiger partial charge < -0.3 is 43.8 Å². The molecule has 1 aromatic heterocycles. The minimum atomic E-state index is -1.84. The molecule has 0 radical (unpaired) electrons. The van der Waals surface area contributed by atoms with Crippen LogP contribution in [0.4, 0.5) is 0 Å². The second-order valence-corrected chi connectivity index (χ2v) is 7.56. The molecule has 4 N–H and O–H groups in total. The van der Waals surface area contributed by atoms with E-state index in [1.807, 2.05) is 0 Å². The highest BCUT2D eigenvalue weighted by atomic mass is 16.7. The van der Waals surface area contributed by atoms with Crippen molar-refractivity contribution in [3.05, 3.63) is 52.9 Å². The van der Waals surface area contributed by atoms with Crippen LogP contribution < -0.4 is 19.6 Å². The number of benzene rings is 2. The number of carbonyl (C=O) groups is 1. The molecule has 1 aliphatic rings. The first kappa shape index (κ1) is 23.5. The maximum atomic E-state index is 13.1. The highest BCUT2D eigenvalue weighted by Crippen LogP contribution is 2.33.